The number of morpholine rings is 1. The molecule has 1 saturated heterocycles. The van der Waals surface area contributed by atoms with Crippen LogP contribution in [0, 0.1) is 5.82 Å². The first-order valence-electron chi connectivity index (χ1n) is 11.0. The molecule has 0 aliphatic carbocycles. The zero-order valence-corrected chi connectivity index (χ0v) is 18.3. The third-order valence-corrected chi connectivity index (χ3v) is 5.85. The Bertz CT molecular complexity index is 1050. The van der Waals surface area contributed by atoms with Crippen LogP contribution in [0.5, 0.6) is 0 Å². The lowest BCUT2D eigenvalue weighted by atomic mass is 10.0. The van der Waals surface area contributed by atoms with Crippen molar-refractivity contribution in [3.8, 4) is 0 Å². The zero-order chi connectivity index (χ0) is 23.2. The first-order chi connectivity index (χ1) is 16.1. The topological polar surface area (TPSA) is 79.3 Å². The fourth-order valence-corrected chi connectivity index (χ4v) is 3.97. The van der Waals surface area contributed by atoms with Gasteiger partial charge in [0.25, 0.3) is 0 Å². The maximum Gasteiger partial charge on any atom is 0.324 e. The van der Waals surface area contributed by atoms with Gasteiger partial charge in [0.2, 0.25) is 0 Å². The third kappa shape index (κ3) is 5.47. The summed E-state index contributed by atoms with van der Waals surface area (Å²) in [4.78, 5) is 28.4. The van der Waals surface area contributed by atoms with Crippen molar-refractivity contribution in [2.45, 2.75) is 13.0 Å². The molecule has 33 heavy (non-hydrogen) atoms. The van der Waals surface area contributed by atoms with Gasteiger partial charge in [0.05, 0.1) is 33.0 Å². The molecule has 2 aromatic carbocycles. The molecule has 8 heteroatoms. The number of carbonyl (C=O) groups excluding carboxylic acids is 2. The number of rotatable bonds is 6. The Morgan fingerprint density at radius 2 is 1.88 bits per heavy atom. The zero-order valence-electron chi connectivity index (χ0n) is 18.3. The second kappa shape index (κ2) is 10.7. The quantitative estimate of drug-likeness (QED) is 0.678. The number of carbonyl (C=O) groups is 2. The Morgan fingerprint density at radius 3 is 2.58 bits per heavy atom. The molecular weight excluding hydrogens is 427 g/mol. The minimum Gasteiger partial charge on any atom is -0.388 e. The number of ketones is 1. The molecule has 0 spiro atoms. The van der Waals surface area contributed by atoms with Crippen LogP contribution in [0.25, 0.3) is 5.57 Å². The summed E-state index contributed by atoms with van der Waals surface area (Å²) in [6, 6.07) is 11.5. The molecule has 2 aromatic rings. The molecule has 0 aromatic heterocycles. The van der Waals surface area contributed by atoms with Gasteiger partial charge in [-0.25, -0.2) is 9.18 Å². The number of hydrogen-bond acceptors (Lipinski definition) is 5. The molecule has 0 bridgehead atoms. The van der Waals surface area contributed by atoms with Crippen LogP contribution >= 0.6 is 0 Å². The van der Waals surface area contributed by atoms with Crippen molar-refractivity contribution in [3.63, 3.8) is 0 Å². The average molecular weight is 454 g/mol. The molecule has 2 heterocycles. The van der Waals surface area contributed by atoms with E-state index in [0.29, 0.717) is 45.2 Å². The summed E-state index contributed by atoms with van der Waals surface area (Å²) in [5.41, 5.74) is 3.19. The summed E-state index contributed by atoms with van der Waals surface area (Å²) in [5.74, 6) is -1.16. The number of hydrogen-bond donors (Lipinski definition) is 1. The number of amides is 2. The smallest absolute Gasteiger partial charge is 0.324 e. The summed E-state index contributed by atoms with van der Waals surface area (Å²) >= 11 is 0. The number of aliphatic hydroxyl groups is 1. The normalized spacial score (nSPS) is 16.3. The van der Waals surface area contributed by atoms with E-state index in [1.807, 2.05) is 30.3 Å². The number of urea groups is 1. The van der Waals surface area contributed by atoms with E-state index in [4.69, 9.17) is 14.6 Å². The largest absolute Gasteiger partial charge is 0.388 e. The summed E-state index contributed by atoms with van der Waals surface area (Å²) in [7, 11) is 0. The molecular formula is C25H27FN2O5. The Balaban J connectivity index is 1.66. The molecule has 1 fully saturated rings. The maximum atomic E-state index is 14.9. The summed E-state index contributed by atoms with van der Waals surface area (Å²) in [6.07, 6.45) is 2.82. The number of ether oxygens (including phenoxy) is 2. The maximum absolute atomic E-state index is 14.9. The predicted octanol–water partition coefficient (Wildman–Crippen LogP) is 3.26. The number of nitrogens with zero attached hydrogens (tertiary/aromatic N) is 2. The molecule has 2 amide bonds. The second-order valence-corrected chi connectivity index (χ2v) is 7.96. The van der Waals surface area contributed by atoms with Gasteiger partial charge in [0, 0.05) is 29.9 Å². The van der Waals surface area contributed by atoms with E-state index < -0.39 is 18.2 Å². The Kier molecular flexibility index (Phi) is 7.49. The van der Waals surface area contributed by atoms with Gasteiger partial charge in [0.15, 0.2) is 5.78 Å². The lowest BCUT2D eigenvalue weighted by Crippen LogP contribution is -2.48. The van der Waals surface area contributed by atoms with Gasteiger partial charge in [-0.3, -0.25) is 9.69 Å². The molecule has 7 nitrogen and oxygen atoms in total. The molecule has 1 N–H and O–H groups in total. The average Bonchev–Trinajstić information content (AvgIpc) is 2.88. The van der Waals surface area contributed by atoms with Gasteiger partial charge >= 0.3 is 6.03 Å². The minimum absolute atomic E-state index is 0.00122. The van der Waals surface area contributed by atoms with Crippen LogP contribution in [0.1, 0.15) is 27.9 Å². The number of aliphatic hydroxyl groups excluding tert-OH is 1. The van der Waals surface area contributed by atoms with Crippen molar-refractivity contribution in [1.82, 2.24) is 4.90 Å². The van der Waals surface area contributed by atoms with Crippen LogP contribution < -0.4 is 4.90 Å². The Morgan fingerprint density at radius 1 is 1.06 bits per heavy atom. The van der Waals surface area contributed by atoms with Crippen molar-refractivity contribution < 1.29 is 28.6 Å². The molecule has 4 rings (SSSR count). The predicted molar refractivity (Wildman–Crippen MR) is 122 cm³/mol. The van der Waals surface area contributed by atoms with Crippen molar-refractivity contribution in [2.24, 2.45) is 0 Å². The second-order valence-electron chi connectivity index (χ2n) is 7.96. The van der Waals surface area contributed by atoms with Crippen LogP contribution in [0.4, 0.5) is 14.9 Å². The van der Waals surface area contributed by atoms with Crippen molar-refractivity contribution in [3.05, 3.63) is 71.0 Å². The number of halogens is 1. The van der Waals surface area contributed by atoms with Gasteiger partial charge in [-0.1, -0.05) is 30.3 Å². The van der Waals surface area contributed by atoms with E-state index in [9.17, 15) is 14.0 Å². The first-order valence-corrected chi connectivity index (χ1v) is 11.0. The summed E-state index contributed by atoms with van der Waals surface area (Å²) < 4.78 is 25.6. The highest BCUT2D eigenvalue weighted by atomic mass is 19.1. The van der Waals surface area contributed by atoms with E-state index in [1.54, 1.807) is 9.80 Å². The van der Waals surface area contributed by atoms with E-state index in [-0.39, 0.29) is 23.7 Å². The fraction of sp³-hybridized carbons (Fsp3) is 0.360. The van der Waals surface area contributed by atoms with Gasteiger partial charge in [-0.15, -0.1) is 0 Å². The van der Waals surface area contributed by atoms with Crippen LogP contribution in [0.3, 0.4) is 0 Å². The van der Waals surface area contributed by atoms with E-state index in [1.165, 1.54) is 12.1 Å². The highest BCUT2D eigenvalue weighted by molar-refractivity contribution is 5.97. The highest BCUT2D eigenvalue weighted by Crippen LogP contribution is 2.28. The van der Waals surface area contributed by atoms with Crippen LogP contribution in [-0.2, 0) is 16.0 Å². The highest BCUT2D eigenvalue weighted by Gasteiger charge is 2.26. The number of anilines is 1. The van der Waals surface area contributed by atoms with Crippen molar-refractivity contribution >= 4 is 23.1 Å². The number of Topliss-reactive ketones (excluding diaryl/α,β-unsaturated/α-hetero) is 1. The molecule has 0 saturated carbocycles. The lowest BCUT2D eigenvalue weighted by Gasteiger charge is -2.33. The third-order valence-electron chi connectivity index (χ3n) is 5.85. The van der Waals surface area contributed by atoms with Gasteiger partial charge in [0.1, 0.15) is 12.4 Å². The van der Waals surface area contributed by atoms with Gasteiger partial charge in [-0.2, -0.15) is 0 Å². The summed E-state index contributed by atoms with van der Waals surface area (Å²) in [6.45, 7) is 2.36. The SMILES string of the molecule is O=C(CO)c1ccc(CN(C(=O)N2CCOCC2)c2cccc(C3=CCOCC3)c2)c(F)c1. The molecule has 0 unspecified atom stereocenters. The number of benzene rings is 2. The fourth-order valence-electron chi connectivity index (χ4n) is 3.97. The van der Waals surface area contributed by atoms with E-state index >= 15 is 0 Å². The van der Waals surface area contributed by atoms with Crippen LogP contribution in [-0.4, -0.2) is 67.9 Å². The van der Waals surface area contributed by atoms with Crippen molar-refractivity contribution in [2.75, 3.05) is 51.0 Å². The van der Waals surface area contributed by atoms with Gasteiger partial charge in [-0.05, 0) is 35.8 Å². The minimum atomic E-state index is -0.686. The molecule has 0 radical (unpaired) electrons. The standard InChI is InChI=1S/C25H27FN2O5/c26-23-15-20(24(30)17-29)4-5-21(23)16-28(25(31)27-8-12-33-13-9-27)22-3-1-2-19(14-22)18-6-10-32-11-7-18/h1-6,14-15,29H,7-13,16-17H2. The molecule has 0 atom stereocenters. The first kappa shape index (κ1) is 23.1. The van der Waals surface area contributed by atoms with E-state index in [2.05, 4.69) is 0 Å². The monoisotopic (exact) mass is 454 g/mol. The molecule has 174 valence electrons. The summed E-state index contributed by atoms with van der Waals surface area (Å²) in [5, 5.41) is 9.04. The Labute approximate surface area is 192 Å². The van der Waals surface area contributed by atoms with Crippen LogP contribution in [0.15, 0.2) is 48.5 Å². The van der Waals surface area contributed by atoms with E-state index in [0.717, 1.165) is 23.6 Å². The van der Waals surface area contributed by atoms with Crippen molar-refractivity contribution in [1.29, 1.82) is 0 Å². The lowest BCUT2D eigenvalue weighted by molar-refractivity contribution is 0.0548. The molecule has 2 aliphatic rings. The van der Waals surface area contributed by atoms with Gasteiger partial charge < -0.3 is 19.5 Å². The van der Waals surface area contributed by atoms with Crippen LogP contribution in [0.2, 0.25) is 0 Å². The molecule has 2 aliphatic heterocycles. The Hall–Kier alpha value is -3.07.